The predicted molar refractivity (Wildman–Crippen MR) is 101 cm³/mol. The summed E-state index contributed by atoms with van der Waals surface area (Å²) in [5.74, 6) is 1.36. The normalized spacial score (nSPS) is 15.0. The molecule has 0 unspecified atom stereocenters. The van der Waals surface area contributed by atoms with E-state index in [2.05, 4.69) is 24.5 Å². The molecule has 1 heterocycles. The minimum absolute atomic E-state index is 0.0349. The molecule has 0 atom stereocenters. The maximum absolute atomic E-state index is 12.5. The lowest BCUT2D eigenvalue weighted by molar-refractivity contribution is 0.0929. The lowest BCUT2D eigenvalue weighted by atomic mass is 10.1. The molecule has 5 heteroatoms. The highest BCUT2D eigenvalue weighted by molar-refractivity contribution is 5.95. The number of nitrogens with one attached hydrogen (secondary N) is 2. The van der Waals surface area contributed by atoms with Gasteiger partial charge in [-0.3, -0.25) is 4.79 Å². The SMILES string of the molecule is CCCCOc1ccc(C(=O)NC2CCNCC2)cc1OCCCC. The summed E-state index contributed by atoms with van der Waals surface area (Å²) in [6, 6.07) is 5.74. The second-order valence-corrected chi connectivity index (χ2v) is 6.56. The number of benzene rings is 1. The average molecular weight is 348 g/mol. The number of ether oxygens (including phenoxy) is 2. The second-order valence-electron chi connectivity index (χ2n) is 6.56. The molecule has 25 heavy (non-hydrogen) atoms. The van der Waals surface area contributed by atoms with E-state index in [-0.39, 0.29) is 11.9 Å². The van der Waals surface area contributed by atoms with Gasteiger partial charge in [0.1, 0.15) is 0 Å². The molecule has 140 valence electrons. The fraction of sp³-hybridized carbons (Fsp3) is 0.650. The summed E-state index contributed by atoms with van der Waals surface area (Å²) in [6.07, 6.45) is 6.10. The zero-order valence-corrected chi connectivity index (χ0v) is 15.6. The molecule has 1 aromatic rings. The Bertz CT molecular complexity index is 528. The van der Waals surface area contributed by atoms with E-state index < -0.39 is 0 Å². The van der Waals surface area contributed by atoms with Gasteiger partial charge in [0, 0.05) is 11.6 Å². The van der Waals surface area contributed by atoms with Crippen LogP contribution in [-0.4, -0.2) is 38.3 Å². The van der Waals surface area contributed by atoms with Crippen molar-refractivity contribution in [2.45, 2.75) is 58.4 Å². The summed E-state index contributed by atoms with van der Waals surface area (Å²) in [5, 5.41) is 6.44. The van der Waals surface area contributed by atoms with E-state index in [1.165, 1.54) is 0 Å². The second kappa shape index (κ2) is 11.0. The van der Waals surface area contributed by atoms with E-state index in [0.29, 0.717) is 24.5 Å². The molecule has 0 spiro atoms. The molecule has 2 rings (SSSR count). The van der Waals surface area contributed by atoms with Crippen molar-refractivity contribution in [3.05, 3.63) is 23.8 Å². The highest BCUT2D eigenvalue weighted by Crippen LogP contribution is 2.29. The monoisotopic (exact) mass is 348 g/mol. The van der Waals surface area contributed by atoms with Crippen LogP contribution in [0.2, 0.25) is 0 Å². The fourth-order valence-electron chi connectivity index (χ4n) is 2.77. The van der Waals surface area contributed by atoms with E-state index in [9.17, 15) is 4.79 Å². The highest BCUT2D eigenvalue weighted by Gasteiger charge is 2.18. The van der Waals surface area contributed by atoms with Crippen LogP contribution in [-0.2, 0) is 0 Å². The van der Waals surface area contributed by atoms with Gasteiger partial charge in [0.25, 0.3) is 5.91 Å². The Morgan fingerprint density at radius 3 is 2.36 bits per heavy atom. The Kier molecular flexibility index (Phi) is 8.60. The first kappa shape index (κ1) is 19.6. The topological polar surface area (TPSA) is 59.6 Å². The molecule has 0 radical (unpaired) electrons. The minimum atomic E-state index is -0.0349. The number of carbonyl (C=O) groups is 1. The summed E-state index contributed by atoms with van der Waals surface area (Å²) in [4.78, 5) is 12.5. The van der Waals surface area contributed by atoms with Crippen LogP contribution in [0.15, 0.2) is 18.2 Å². The number of hydrogen-bond acceptors (Lipinski definition) is 4. The van der Waals surface area contributed by atoms with Crippen molar-refractivity contribution in [2.75, 3.05) is 26.3 Å². The maximum Gasteiger partial charge on any atom is 0.251 e. The van der Waals surface area contributed by atoms with Gasteiger partial charge in [-0.05, 0) is 57.0 Å². The Morgan fingerprint density at radius 2 is 1.72 bits per heavy atom. The Morgan fingerprint density at radius 1 is 1.08 bits per heavy atom. The van der Waals surface area contributed by atoms with Crippen LogP contribution in [0.25, 0.3) is 0 Å². The van der Waals surface area contributed by atoms with Gasteiger partial charge >= 0.3 is 0 Å². The van der Waals surface area contributed by atoms with Crippen molar-refractivity contribution in [2.24, 2.45) is 0 Å². The standard InChI is InChI=1S/C20H32N2O3/c1-3-5-13-24-18-8-7-16(15-19(18)25-14-6-4-2)20(23)22-17-9-11-21-12-10-17/h7-8,15,17,21H,3-6,9-14H2,1-2H3,(H,22,23). The zero-order valence-electron chi connectivity index (χ0n) is 15.6. The van der Waals surface area contributed by atoms with Crippen LogP contribution in [0.4, 0.5) is 0 Å². The molecule has 0 aliphatic carbocycles. The van der Waals surface area contributed by atoms with Crippen LogP contribution in [0, 0.1) is 0 Å². The lowest BCUT2D eigenvalue weighted by Crippen LogP contribution is -2.42. The number of amides is 1. The fourth-order valence-corrected chi connectivity index (χ4v) is 2.77. The van der Waals surface area contributed by atoms with Gasteiger partial charge in [-0.1, -0.05) is 26.7 Å². The van der Waals surface area contributed by atoms with Crippen molar-refractivity contribution in [3.8, 4) is 11.5 Å². The van der Waals surface area contributed by atoms with E-state index in [4.69, 9.17) is 9.47 Å². The van der Waals surface area contributed by atoms with Crippen molar-refractivity contribution in [1.82, 2.24) is 10.6 Å². The van der Waals surface area contributed by atoms with Gasteiger partial charge in [-0.15, -0.1) is 0 Å². The predicted octanol–water partition coefficient (Wildman–Crippen LogP) is 3.53. The number of piperidine rings is 1. The molecule has 0 bridgehead atoms. The molecule has 1 aromatic carbocycles. The molecule has 1 amide bonds. The van der Waals surface area contributed by atoms with Crippen LogP contribution in [0.5, 0.6) is 11.5 Å². The number of unbranched alkanes of at least 4 members (excludes halogenated alkanes) is 2. The first-order chi connectivity index (χ1) is 12.2. The summed E-state index contributed by atoms with van der Waals surface area (Å²) >= 11 is 0. The van der Waals surface area contributed by atoms with E-state index in [1.807, 2.05) is 18.2 Å². The van der Waals surface area contributed by atoms with Gasteiger partial charge in [0.2, 0.25) is 0 Å². The lowest BCUT2D eigenvalue weighted by Gasteiger charge is -2.23. The molecule has 0 saturated carbocycles. The smallest absolute Gasteiger partial charge is 0.251 e. The molecule has 1 saturated heterocycles. The first-order valence-electron chi connectivity index (χ1n) is 9.65. The zero-order chi connectivity index (χ0) is 17.9. The van der Waals surface area contributed by atoms with Crippen molar-refractivity contribution >= 4 is 5.91 Å². The van der Waals surface area contributed by atoms with Crippen LogP contribution < -0.4 is 20.1 Å². The summed E-state index contributed by atoms with van der Waals surface area (Å²) < 4.78 is 11.7. The third-order valence-electron chi connectivity index (χ3n) is 4.39. The van der Waals surface area contributed by atoms with Gasteiger partial charge in [-0.25, -0.2) is 0 Å². The number of rotatable bonds is 10. The molecule has 0 aromatic heterocycles. The first-order valence-corrected chi connectivity index (χ1v) is 9.65. The van der Waals surface area contributed by atoms with Gasteiger partial charge in [-0.2, -0.15) is 0 Å². The van der Waals surface area contributed by atoms with Gasteiger partial charge in [0.15, 0.2) is 11.5 Å². The Balaban J connectivity index is 2.03. The van der Waals surface area contributed by atoms with E-state index in [1.54, 1.807) is 0 Å². The van der Waals surface area contributed by atoms with Crippen molar-refractivity contribution in [1.29, 1.82) is 0 Å². The van der Waals surface area contributed by atoms with Crippen molar-refractivity contribution < 1.29 is 14.3 Å². The summed E-state index contributed by atoms with van der Waals surface area (Å²) in [7, 11) is 0. The maximum atomic E-state index is 12.5. The summed E-state index contributed by atoms with van der Waals surface area (Å²) in [6.45, 7) is 7.49. The van der Waals surface area contributed by atoms with Crippen molar-refractivity contribution in [3.63, 3.8) is 0 Å². The Labute approximate surface area is 151 Å². The number of hydrogen-bond donors (Lipinski definition) is 2. The van der Waals surface area contributed by atoms with E-state index >= 15 is 0 Å². The average Bonchev–Trinajstić information content (AvgIpc) is 2.64. The molecule has 1 aliphatic heterocycles. The quantitative estimate of drug-likeness (QED) is 0.635. The van der Waals surface area contributed by atoms with Crippen LogP contribution >= 0.6 is 0 Å². The van der Waals surface area contributed by atoms with Crippen LogP contribution in [0.1, 0.15) is 62.7 Å². The van der Waals surface area contributed by atoms with Gasteiger partial charge in [0.05, 0.1) is 13.2 Å². The Hall–Kier alpha value is -1.75. The molecule has 5 nitrogen and oxygen atoms in total. The number of carbonyl (C=O) groups excluding carboxylic acids is 1. The third-order valence-corrected chi connectivity index (χ3v) is 4.39. The highest BCUT2D eigenvalue weighted by atomic mass is 16.5. The molecular weight excluding hydrogens is 316 g/mol. The third kappa shape index (κ3) is 6.58. The molecule has 1 fully saturated rings. The molecule has 2 N–H and O–H groups in total. The molecular formula is C20H32N2O3. The summed E-state index contributed by atoms with van der Waals surface area (Å²) in [5.41, 5.74) is 0.632. The minimum Gasteiger partial charge on any atom is -0.490 e. The van der Waals surface area contributed by atoms with Crippen LogP contribution in [0.3, 0.4) is 0 Å². The van der Waals surface area contributed by atoms with Gasteiger partial charge < -0.3 is 20.1 Å². The molecule has 1 aliphatic rings. The largest absolute Gasteiger partial charge is 0.490 e. The van der Waals surface area contributed by atoms with E-state index in [0.717, 1.165) is 57.4 Å².